The molecule has 1 amide bonds. The van der Waals surface area contributed by atoms with Crippen molar-refractivity contribution in [3.8, 4) is 5.75 Å². The van der Waals surface area contributed by atoms with Crippen LogP contribution in [0.15, 0.2) is 65.1 Å². The van der Waals surface area contributed by atoms with Gasteiger partial charge in [0.15, 0.2) is 11.6 Å². The molecule has 2 heterocycles. The summed E-state index contributed by atoms with van der Waals surface area (Å²) in [4.78, 5) is 12.6. The van der Waals surface area contributed by atoms with Crippen molar-refractivity contribution in [2.24, 2.45) is 0 Å². The zero-order valence-corrected chi connectivity index (χ0v) is 18.9. The third-order valence-corrected chi connectivity index (χ3v) is 5.28. The van der Waals surface area contributed by atoms with Crippen LogP contribution in [0.4, 0.5) is 5.82 Å². The van der Waals surface area contributed by atoms with Crippen LogP contribution in [0.25, 0.3) is 0 Å². The molecular formula is C25H24ClN3O3. The number of aryl methyl sites for hydroxylation is 3. The van der Waals surface area contributed by atoms with E-state index in [9.17, 15) is 4.79 Å². The summed E-state index contributed by atoms with van der Waals surface area (Å²) < 4.78 is 13.3. The highest BCUT2D eigenvalue weighted by molar-refractivity contribution is 6.30. The minimum absolute atomic E-state index is 0.201. The minimum Gasteiger partial charge on any atom is -0.485 e. The first kappa shape index (κ1) is 21.7. The number of ether oxygens (including phenoxy) is 1. The summed E-state index contributed by atoms with van der Waals surface area (Å²) in [5.74, 6) is 1.66. The fourth-order valence-corrected chi connectivity index (χ4v) is 3.52. The molecule has 4 aromatic rings. The highest BCUT2D eigenvalue weighted by atomic mass is 35.5. The van der Waals surface area contributed by atoms with E-state index in [-0.39, 0.29) is 18.3 Å². The summed E-state index contributed by atoms with van der Waals surface area (Å²) in [5.41, 5.74) is 4.11. The van der Waals surface area contributed by atoms with Crippen molar-refractivity contribution in [2.45, 2.75) is 33.9 Å². The zero-order valence-electron chi connectivity index (χ0n) is 18.2. The highest BCUT2D eigenvalue weighted by Crippen LogP contribution is 2.21. The van der Waals surface area contributed by atoms with Crippen LogP contribution in [0.5, 0.6) is 5.75 Å². The van der Waals surface area contributed by atoms with Crippen molar-refractivity contribution >= 4 is 23.3 Å². The lowest BCUT2D eigenvalue weighted by atomic mass is 10.1. The number of halogens is 1. The number of anilines is 1. The molecule has 4 rings (SSSR count). The van der Waals surface area contributed by atoms with E-state index in [0.29, 0.717) is 23.1 Å². The molecule has 0 unspecified atom stereocenters. The molecule has 0 aliphatic carbocycles. The van der Waals surface area contributed by atoms with E-state index in [1.165, 1.54) is 0 Å². The van der Waals surface area contributed by atoms with Crippen LogP contribution in [0, 0.1) is 20.8 Å². The minimum atomic E-state index is -0.365. The predicted octanol–water partition coefficient (Wildman–Crippen LogP) is 5.93. The average molecular weight is 450 g/mol. The Kier molecular flexibility index (Phi) is 6.32. The first-order valence-corrected chi connectivity index (χ1v) is 10.6. The SMILES string of the molecule is Cc1ccc(C)c(OCc2ccc(C(=O)Nc3cc(C)n(Cc4cccc(Cl)c4)n3)o2)c1. The summed E-state index contributed by atoms with van der Waals surface area (Å²) in [6.45, 7) is 6.74. The Hall–Kier alpha value is -3.51. The molecule has 1 N–H and O–H groups in total. The highest BCUT2D eigenvalue weighted by Gasteiger charge is 2.15. The van der Waals surface area contributed by atoms with E-state index in [1.807, 2.05) is 74.0 Å². The molecule has 7 heteroatoms. The molecule has 0 saturated heterocycles. The molecule has 6 nitrogen and oxygen atoms in total. The molecular weight excluding hydrogens is 426 g/mol. The quantitative estimate of drug-likeness (QED) is 0.379. The molecule has 0 bridgehead atoms. The van der Waals surface area contributed by atoms with Crippen molar-refractivity contribution in [3.05, 3.63) is 99.6 Å². The Labute approximate surface area is 191 Å². The Morgan fingerprint density at radius 2 is 1.94 bits per heavy atom. The van der Waals surface area contributed by atoms with Crippen molar-refractivity contribution in [3.63, 3.8) is 0 Å². The van der Waals surface area contributed by atoms with Gasteiger partial charge in [0.25, 0.3) is 5.91 Å². The molecule has 0 aliphatic heterocycles. The van der Waals surface area contributed by atoms with Gasteiger partial charge in [-0.3, -0.25) is 9.48 Å². The van der Waals surface area contributed by atoms with Crippen molar-refractivity contribution in [1.29, 1.82) is 0 Å². The number of carbonyl (C=O) groups excluding carboxylic acids is 1. The van der Waals surface area contributed by atoms with Crippen LogP contribution in [-0.4, -0.2) is 15.7 Å². The van der Waals surface area contributed by atoms with Crippen LogP contribution < -0.4 is 10.1 Å². The summed E-state index contributed by atoms with van der Waals surface area (Å²) in [5, 5.41) is 7.94. The Morgan fingerprint density at radius 1 is 1.09 bits per heavy atom. The second kappa shape index (κ2) is 9.32. The summed E-state index contributed by atoms with van der Waals surface area (Å²) in [6.07, 6.45) is 0. The third-order valence-electron chi connectivity index (χ3n) is 5.04. The van der Waals surface area contributed by atoms with Crippen molar-refractivity contribution < 1.29 is 13.9 Å². The number of amides is 1. The van der Waals surface area contributed by atoms with Gasteiger partial charge in [-0.05, 0) is 67.8 Å². The number of hydrogen-bond acceptors (Lipinski definition) is 4. The third kappa shape index (κ3) is 5.21. The Balaban J connectivity index is 1.38. The number of benzene rings is 2. The molecule has 0 spiro atoms. The number of nitrogens with zero attached hydrogens (tertiary/aromatic N) is 2. The lowest BCUT2D eigenvalue weighted by molar-refractivity contribution is 0.0992. The lowest BCUT2D eigenvalue weighted by Gasteiger charge is -2.08. The lowest BCUT2D eigenvalue weighted by Crippen LogP contribution is -2.12. The van der Waals surface area contributed by atoms with Gasteiger partial charge >= 0.3 is 0 Å². The molecule has 0 radical (unpaired) electrons. The summed E-state index contributed by atoms with van der Waals surface area (Å²) >= 11 is 6.06. The molecule has 32 heavy (non-hydrogen) atoms. The molecule has 164 valence electrons. The first-order chi connectivity index (χ1) is 15.4. The number of carbonyl (C=O) groups is 1. The van der Waals surface area contributed by atoms with Crippen LogP contribution in [-0.2, 0) is 13.2 Å². The molecule has 2 aromatic heterocycles. The maximum absolute atomic E-state index is 12.6. The van der Waals surface area contributed by atoms with Gasteiger partial charge in [0.1, 0.15) is 18.1 Å². The van der Waals surface area contributed by atoms with E-state index >= 15 is 0 Å². The van der Waals surface area contributed by atoms with Crippen molar-refractivity contribution in [2.75, 3.05) is 5.32 Å². The van der Waals surface area contributed by atoms with Crippen LogP contribution in [0.2, 0.25) is 5.02 Å². The molecule has 0 fully saturated rings. The first-order valence-electron chi connectivity index (χ1n) is 10.3. The van der Waals surface area contributed by atoms with Gasteiger partial charge in [-0.2, -0.15) is 5.10 Å². The van der Waals surface area contributed by atoms with Crippen LogP contribution in [0.1, 0.15) is 38.7 Å². The van der Waals surface area contributed by atoms with Crippen LogP contribution in [0.3, 0.4) is 0 Å². The topological polar surface area (TPSA) is 69.3 Å². The summed E-state index contributed by atoms with van der Waals surface area (Å²) in [7, 11) is 0. The van der Waals surface area contributed by atoms with Gasteiger partial charge in [-0.1, -0.05) is 35.9 Å². The summed E-state index contributed by atoms with van der Waals surface area (Å²) in [6, 6.07) is 18.8. The van der Waals surface area contributed by atoms with E-state index in [2.05, 4.69) is 10.4 Å². The van der Waals surface area contributed by atoms with Gasteiger partial charge in [-0.25, -0.2) is 0 Å². The fraction of sp³-hybridized carbons (Fsp3) is 0.200. The number of nitrogens with one attached hydrogen (secondary N) is 1. The molecule has 0 atom stereocenters. The smallest absolute Gasteiger partial charge is 0.292 e. The zero-order chi connectivity index (χ0) is 22.7. The van der Waals surface area contributed by atoms with E-state index < -0.39 is 0 Å². The Bertz CT molecular complexity index is 1260. The fourth-order valence-electron chi connectivity index (χ4n) is 3.31. The Morgan fingerprint density at radius 3 is 2.75 bits per heavy atom. The van der Waals surface area contributed by atoms with E-state index in [0.717, 1.165) is 28.1 Å². The standard InChI is InChI=1S/C25H24ClN3O3/c1-16-7-8-17(2)23(11-16)31-15-21-9-10-22(32-21)25(30)27-24-12-18(3)29(28-24)14-19-5-4-6-20(26)13-19/h4-13H,14-15H2,1-3H3,(H,27,28,30). The monoisotopic (exact) mass is 449 g/mol. The second-order valence-electron chi connectivity index (χ2n) is 7.74. The molecule has 0 aliphatic rings. The second-order valence-corrected chi connectivity index (χ2v) is 8.17. The normalized spacial score (nSPS) is 10.9. The van der Waals surface area contributed by atoms with Gasteiger partial charge in [0.05, 0.1) is 6.54 Å². The van der Waals surface area contributed by atoms with Crippen LogP contribution >= 0.6 is 11.6 Å². The maximum atomic E-state index is 12.6. The molecule has 0 saturated carbocycles. The average Bonchev–Trinajstić information content (AvgIpc) is 3.35. The van der Waals surface area contributed by atoms with Crippen molar-refractivity contribution in [1.82, 2.24) is 9.78 Å². The largest absolute Gasteiger partial charge is 0.485 e. The maximum Gasteiger partial charge on any atom is 0.292 e. The van der Waals surface area contributed by atoms with Gasteiger partial charge in [0.2, 0.25) is 0 Å². The van der Waals surface area contributed by atoms with Gasteiger partial charge in [-0.15, -0.1) is 0 Å². The number of rotatable bonds is 7. The number of furan rings is 1. The van der Waals surface area contributed by atoms with E-state index in [4.69, 9.17) is 20.8 Å². The number of aromatic nitrogens is 2. The predicted molar refractivity (Wildman–Crippen MR) is 124 cm³/mol. The molecule has 2 aromatic carbocycles. The van der Waals surface area contributed by atoms with Gasteiger partial charge in [0, 0.05) is 16.8 Å². The number of hydrogen-bond donors (Lipinski definition) is 1. The van der Waals surface area contributed by atoms with Gasteiger partial charge < -0.3 is 14.5 Å². The van der Waals surface area contributed by atoms with E-state index in [1.54, 1.807) is 12.1 Å².